The first-order valence-electron chi connectivity index (χ1n) is 14.4. The summed E-state index contributed by atoms with van der Waals surface area (Å²) in [6, 6.07) is 12.7. The highest BCUT2D eigenvalue weighted by Crippen LogP contribution is 2.39. The van der Waals surface area contributed by atoms with Crippen molar-refractivity contribution in [3.63, 3.8) is 0 Å². The first-order valence-corrected chi connectivity index (χ1v) is 15.2. The molecule has 1 unspecified atom stereocenters. The number of fused-ring (bicyclic) bond motifs is 1. The number of esters is 1. The lowest BCUT2D eigenvalue weighted by molar-refractivity contribution is -0.574. The van der Waals surface area contributed by atoms with Gasteiger partial charge in [0.1, 0.15) is 5.75 Å². The Morgan fingerprint density at radius 2 is 1.42 bits per heavy atom. The number of ether oxygens (including phenoxy) is 5. The number of rotatable bonds is 17. The predicted octanol–water partition coefficient (Wildman–Crippen LogP) is 7.87. The van der Waals surface area contributed by atoms with Crippen molar-refractivity contribution < 1.29 is 63.6 Å². The first-order chi connectivity index (χ1) is 21.8. The minimum atomic E-state index is -5.91. The second kappa shape index (κ2) is 14.4. The molecule has 48 heavy (non-hydrogen) atoms. The van der Waals surface area contributed by atoms with E-state index in [2.05, 4.69) is 18.9 Å². The van der Waals surface area contributed by atoms with E-state index in [1.807, 2.05) is 37.3 Å². The molecule has 0 saturated carbocycles. The molecule has 0 aliphatic carbocycles. The smallest absolute Gasteiger partial charge is 0.484 e. The van der Waals surface area contributed by atoms with Crippen molar-refractivity contribution in [2.75, 3.05) is 13.2 Å². The lowest BCUT2D eigenvalue weighted by atomic mass is 9.79. The van der Waals surface area contributed by atoms with Crippen molar-refractivity contribution >= 4 is 27.4 Å². The van der Waals surface area contributed by atoms with Gasteiger partial charge in [-0.25, -0.2) is 14.2 Å². The van der Waals surface area contributed by atoms with Gasteiger partial charge in [-0.1, -0.05) is 31.2 Å². The van der Waals surface area contributed by atoms with Gasteiger partial charge in [0.25, 0.3) is 0 Å². The van der Waals surface area contributed by atoms with Crippen molar-refractivity contribution in [1.29, 1.82) is 0 Å². The summed E-state index contributed by atoms with van der Waals surface area (Å²) < 4.78 is 131. The van der Waals surface area contributed by atoms with Crippen LogP contribution in [0.3, 0.4) is 0 Å². The van der Waals surface area contributed by atoms with Gasteiger partial charge >= 0.3 is 30.8 Å². The third-order valence-corrected chi connectivity index (χ3v) is 8.04. The van der Waals surface area contributed by atoms with E-state index in [4.69, 9.17) is 16.2 Å². The summed E-state index contributed by atoms with van der Waals surface area (Å²) >= 11 is 1.32. The number of alkyl halides is 8. The molecule has 0 aliphatic heterocycles. The van der Waals surface area contributed by atoms with E-state index in [0.29, 0.717) is 4.70 Å². The van der Waals surface area contributed by atoms with Gasteiger partial charge in [-0.05, 0) is 81.3 Å². The Balaban J connectivity index is 1.58. The van der Waals surface area contributed by atoms with Crippen molar-refractivity contribution in [2.24, 2.45) is 16.9 Å². The maximum absolute atomic E-state index is 14.2. The Kier molecular flexibility index (Phi) is 11.8. The van der Waals surface area contributed by atoms with Crippen LogP contribution in [0.25, 0.3) is 20.5 Å². The van der Waals surface area contributed by atoms with Crippen LogP contribution in [0.15, 0.2) is 48.5 Å². The maximum atomic E-state index is 14.2. The molecule has 0 amide bonds. The van der Waals surface area contributed by atoms with Crippen LogP contribution in [0.1, 0.15) is 46.6 Å². The van der Waals surface area contributed by atoms with E-state index < -0.39 is 61.0 Å². The van der Waals surface area contributed by atoms with Gasteiger partial charge in [0, 0.05) is 21.2 Å². The fraction of sp³-hybridized carbons (Fsp3) is 0.516. The Bertz CT molecular complexity index is 1560. The molecule has 1 atom stereocenters. The lowest BCUT2D eigenvalue weighted by Gasteiger charge is -2.34. The zero-order valence-electron chi connectivity index (χ0n) is 26.6. The van der Waals surface area contributed by atoms with Crippen LogP contribution in [0.4, 0.5) is 35.1 Å². The average molecular weight is 717 g/mol. The highest BCUT2D eigenvalue weighted by atomic mass is 32.1. The predicted molar refractivity (Wildman–Crippen MR) is 161 cm³/mol. The van der Waals surface area contributed by atoms with E-state index in [1.54, 1.807) is 19.9 Å². The third kappa shape index (κ3) is 11.2. The van der Waals surface area contributed by atoms with Crippen molar-refractivity contribution in [3.05, 3.63) is 54.1 Å². The van der Waals surface area contributed by atoms with Crippen LogP contribution in [-0.4, -0.2) is 55.6 Å². The number of carbonyl (C=O) groups is 1. The molecular weight excluding hydrogens is 680 g/mol. The van der Waals surface area contributed by atoms with Crippen LogP contribution in [0, 0.1) is 5.41 Å². The van der Waals surface area contributed by atoms with Gasteiger partial charge in [-0.3, -0.25) is 4.79 Å². The minimum absolute atomic E-state index is 0.0257. The van der Waals surface area contributed by atoms with Crippen LogP contribution in [0.2, 0.25) is 0 Å². The number of halogens is 8. The Morgan fingerprint density at radius 1 is 0.833 bits per heavy atom. The third-order valence-electron chi connectivity index (χ3n) is 6.91. The summed E-state index contributed by atoms with van der Waals surface area (Å²) in [5.41, 5.74) is 11.3. The number of aryl methyl sites for hydroxylation is 1. The molecule has 4 N–H and O–H groups in total. The minimum Gasteiger partial charge on any atom is -0.484 e. The number of thiophene rings is 1. The fourth-order valence-corrected chi connectivity index (χ4v) is 5.52. The summed E-state index contributed by atoms with van der Waals surface area (Å²) in [5, 5.41) is 0.743. The zero-order chi connectivity index (χ0) is 36.3. The lowest BCUT2D eigenvalue weighted by Crippen LogP contribution is -2.51. The zero-order valence-corrected chi connectivity index (χ0v) is 27.4. The summed E-state index contributed by atoms with van der Waals surface area (Å²) in [4.78, 5) is 13.2. The molecule has 8 nitrogen and oxygen atoms in total. The summed E-state index contributed by atoms with van der Waals surface area (Å²) in [6.07, 6.45) is -21.1. The molecule has 1 aromatic heterocycles. The van der Waals surface area contributed by atoms with Gasteiger partial charge in [-0.2, -0.15) is 17.6 Å². The highest BCUT2D eigenvalue weighted by Gasteiger charge is 2.57. The standard InChI is InChI=1S/C31H36F8N2O6S/c1-6-18-9-7-8-10-21(18)23-13-19-11-12-20(14-22(19)48-23)43-16-28(32,33)45-30(36,37)47-31(38,39)46-29(34,35)17-44-25(42)27(4,5)24(40)15-26(2,3)41/h7-14,24H,6,15-17,40-41H2,1-5H3. The Hall–Kier alpha value is -3.09. The molecular formula is C31H36F8N2O6S. The SMILES string of the molecule is CCc1ccccc1-c1cc2ccc(OCC(F)(F)OC(F)(F)OC(F)(F)OC(F)(F)COC(=O)C(C)(C)C(N)CC(C)(C)N)cc2s1. The monoisotopic (exact) mass is 716 g/mol. The number of carbonyl (C=O) groups excluding carboxylic acids is 1. The van der Waals surface area contributed by atoms with Crippen molar-refractivity contribution in [2.45, 2.75) is 83.8 Å². The summed E-state index contributed by atoms with van der Waals surface area (Å²) in [5.74, 6) is -1.56. The molecule has 2 aromatic carbocycles. The Morgan fingerprint density at radius 3 is 2.00 bits per heavy atom. The molecule has 3 rings (SSSR count). The molecule has 3 aromatic rings. The van der Waals surface area contributed by atoms with Crippen LogP contribution >= 0.6 is 11.3 Å². The topological polar surface area (TPSA) is 115 Å². The van der Waals surface area contributed by atoms with E-state index in [1.165, 1.54) is 37.3 Å². The van der Waals surface area contributed by atoms with Crippen LogP contribution in [-0.2, 0) is 30.2 Å². The van der Waals surface area contributed by atoms with Gasteiger partial charge < -0.3 is 20.9 Å². The van der Waals surface area contributed by atoms with Crippen LogP contribution in [0.5, 0.6) is 5.75 Å². The van der Waals surface area contributed by atoms with E-state index >= 15 is 0 Å². The van der Waals surface area contributed by atoms with E-state index in [9.17, 15) is 39.9 Å². The van der Waals surface area contributed by atoms with Gasteiger partial charge in [0.15, 0.2) is 13.2 Å². The molecule has 0 saturated heterocycles. The fourth-order valence-electron chi connectivity index (χ4n) is 4.37. The van der Waals surface area contributed by atoms with E-state index in [0.717, 1.165) is 27.8 Å². The average Bonchev–Trinajstić information content (AvgIpc) is 3.35. The summed E-state index contributed by atoms with van der Waals surface area (Å²) in [6.45, 7) is 3.49. The second-order valence-corrected chi connectivity index (χ2v) is 13.3. The molecule has 0 spiro atoms. The normalized spacial score (nSPS) is 14.3. The largest absolute Gasteiger partial charge is 0.496 e. The maximum Gasteiger partial charge on any atom is 0.496 e. The molecule has 0 radical (unpaired) electrons. The summed E-state index contributed by atoms with van der Waals surface area (Å²) in [7, 11) is 0. The highest BCUT2D eigenvalue weighted by molar-refractivity contribution is 7.22. The Labute approximate surface area is 275 Å². The number of benzene rings is 2. The number of hydrogen-bond acceptors (Lipinski definition) is 9. The molecule has 0 aliphatic rings. The molecule has 17 heteroatoms. The molecule has 0 fully saturated rings. The molecule has 0 bridgehead atoms. The van der Waals surface area contributed by atoms with Crippen molar-refractivity contribution in [3.8, 4) is 16.2 Å². The van der Waals surface area contributed by atoms with Crippen LogP contribution < -0.4 is 16.2 Å². The van der Waals surface area contributed by atoms with E-state index in [-0.39, 0.29) is 12.2 Å². The first kappa shape index (κ1) is 39.3. The second-order valence-electron chi connectivity index (χ2n) is 12.2. The van der Waals surface area contributed by atoms with Gasteiger partial charge in [0.2, 0.25) is 0 Å². The number of hydrogen-bond donors (Lipinski definition) is 2. The van der Waals surface area contributed by atoms with Crippen molar-refractivity contribution in [1.82, 2.24) is 0 Å². The molecule has 1 heterocycles. The van der Waals surface area contributed by atoms with Gasteiger partial charge in [0.05, 0.1) is 5.41 Å². The van der Waals surface area contributed by atoms with Gasteiger partial charge in [-0.15, -0.1) is 28.9 Å². The quantitative estimate of drug-likeness (QED) is 0.0825. The molecule has 268 valence electrons. The number of nitrogens with two attached hydrogens (primary N) is 2.